The van der Waals surface area contributed by atoms with Gasteiger partial charge in [0.25, 0.3) is 0 Å². The Hall–Kier alpha value is -1.16. The SMILES string of the molecule is CC/C=C\CCc1cn(C[C@H]2CCCN2)nn1. The van der Waals surface area contributed by atoms with E-state index in [1.54, 1.807) is 0 Å². The predicted octanol–water partition coefficient (Wildman–Crippen LogP) is 1.93. The molecule has 0 bridgehead atoms. The van der Waals surface area contributed by atoms with Gasteiger partial charge in [-0.05, 0) is 38.6 Å². The maximum atomic E-state index is 4.21. The van der Waals surface area contributed by atoms with Crippen LogP contribution in [0.4, 0.5) is 0 Å². The number of hydrogen-bond donors (Lipinski definition) is 1. The summed E-state index contributed by atoms with van der Waals surface area (Å²) in [7, 11) is 0. The Labute approximate surface area is 103 Å². The summed E-state index contributed by atoms with van der Waals surface area (Å²) < 4.78 is 1.97. The van der Waals surface area contributed by atoms with Gasteiger partial charge in [-0.15, -0.1) is 5.10 Å². The minimum absolute atomic E-state index is 0.588. The Morgan fingerprint density at radius 1 is 1.53 bits per heavy atom. The first-order chi connectivity index (χ1) is 8.38. The highest BCUT2D eigenvalue weighted by molar-refractivity contribution is 4.96. The molecule has 0 amide bonds. The Balaban J connectivity index is 1.76. The molecule has 1 aliphatic heterocycles. The van der Waals surface area contributed by atoms with Gasteiger partial charge in [0.05, 0.1) is 12.2 Å². The van der Waals surface area contributed by atoms with Gasteiger partial charge >= 0.3 is 0 Å². The molecule has 1 N–H and O–H groups in total. The molecule has 1 atom stereocenters. The van der Waals surface area contributed by atoms with Gasteiger partial charge < -0.3 is 5.32 Å². The maximum Gasteiger partial charge on any atom is 0.0830 e. The molecule has 0 unspecified atom stereocenters. The van der Waals surface area contributed by atoms with E-state index in [-0.39, 0.29) is 0 Å². The number of aryl methyl sites for hydroxylation is 1. The maximum absolute atomic E-state index is 4.21. The van der Waals surface area contributed by atoms with Crippen LogP contribution >= 0.6 is 0 Å². The van der Waals surface area contributed by atoms with E-state index in [0.29, 0.717) is 6.04 Å². The van der Waals surface area contributed by atoms with Crippen molar-refractivity contribution in [2.24, 2.45) is 0 Å². The molecule has 1 saturated heterocycles. The molecule has 4 heteroatoms. The molecule has 1 aromatic heterocycles. The Morgan fingerprint density at radius 3 is 3.24 bits per heavy atom. The van der Waals surface area contributed by atoms with Crippen LogP contribution in [0.25, 0.3) is 0 Å². The van der Waals surface area contributed by atoms with Crippen molar-refractivity contribution in [3.8, 4) is 0 Å². The van der Waals surface area contributed by atoms with E-state index in [1.807, 2.05) is 4.68 Å². The van der Waals surface area contributed by atoms with Gasteiger partial charge in [-0.1, -0.05) is 24.3 Å². The molecule has 0 spiro atoms. The standard InChI is InChI=1S/C13H22N4/c1-2-3-4-5-7-13-11-17(16-15-13)10-12-8-6-9-14-12/h3-4,11-12,14H,2,5-10H2,1H3/b4-3-/t12-/m1/s1. The minimum atomic E-state index is 0.588. The number of aromatic nitrogens is 3. The van der Waals surface area contributed by atoms with Crippen molar-refractivity contribution in [3.05, 3.63) is 24.0 Å². The second kappa shape index (κ2) is 6.55. The Morgan fingerprint density at radius 2 is 2.47 bits per heavy atom. The molecule has 1 fully saturated rings. The third kappa shape index (κ3) is 3.97. The van der Waals surface area contributed by atoms with Crippen LogP contribution < -0.4 is 5.32 Å². The molecule has 94 valence electrons. The molecule has 4 nitrogen and oxygen atoms in total. The summed E-state index contributed by atoms with van der Waals surface area (Å²) in [6.45, 7) is 4.26. The zero-order valence-corrected chi connectivity index (χ0v) is 10.6. The van der Waals surface area contributed by atoms with Gasteiger partial charge in [-0.3, -0.25) is 4.68 Å². The van der Waals surface area contributed by atoms with Crippen molar-refractivity contribution in [2.45, 2.75) is 51.6 Å². The van der Waals surface area contributed by atoms with Crippen LogP contribution in [0.2, 0.25) is 0 Å². The largest absolute Gasteiger partial charge is 0.312 e. The summed E-state index contributed by atoms with van der Waals surface area (Å²) >= 11 is 0. The van der Waals surface area contributed by atoms with E-state index in [9.17, 15) is 0 Å². The summed E-state index contributed by atoms with van der Waals surface area (Å²) in [5.41, 5.74) is 1.10. The molecule has 1 aliphatic rings. The van der Waals surface area contributed by atoms with Gasteiger partial charge in [0, 0.05) is 12.2 Å². The molecule has 0 aromatic carbocycles. The van der Waals surface area contributed by atoms with Crippen molar-refractivity contribution >= 4 is 0 Å². The van der Waals surface area contributed by atoms with Crippen LogP contribution in [-0.4, -0.2) is 27.6 Å². The lowest BCUT2D eigenvalue weighted by Crippen LogP contribution is -2.26. The number of rotatable bonds is 6. The van der Waals surface area contributed by atoms with Gasteiger partial charge in [0.1, 0.15) is 0 Å². The predicted molar refractivity (Wildman–Crippen MR) is 68.8 cm³/mol. The minimum Gasteiger partial charge on any atom is -0.312 e. The van der Waals surface area contributed by atoms with Crippen LogP contribution in [0, 0.1) is 0 Å². The third-order valence-corrected chi connectivity index (χ3v) is 3.13. The molecule has 0 aliphatic carbocycles. The average molecular weight is 234 g/mol. The normalized spacial score (nSPS) is 20.4. The third-order valence-electron chi connectivity index (χ3n) is 3.13. The monoisotopic (exact) mass is 234 g/mol. The number of allylic oxidation sites excluding steroid dienone is 2. The lowest BCUT2D eigenvalue weighted by atomic mass is 10.2. The molecule has 2 heterocycles. The van der Waals surface area contributed by atoms with Gasteiger partial charge in [-0.25, -0.2) is 0 Å². The molecule has 2 rings (SSSR count). The molecule has 1 aromatic rings. The van der Waals surface area contributed by atoms with Crippen molar-refractivity contribution in [1.82, 2.24) is 20.3 Å². The van der Waals surface area contributed by atoms with Crippen LogP contribution in [-0.2, 0) is 13.0 Å². The fourth-order valence-corrected chi connectivity index (χ4v) is 2.20. The first kappa shape index (κ1) is 12.3. The molecular weight excluding hydrogens is 212 g/mol. The average Bonchev–Trinajstić information content (AvgIpc) is 2.97. The first-order valence-electron chi connectivity index (χ1n) is 6.66. The van der Waals surface area contributed by atoms with Crippen molar-refractivity contribution < 1.29 is 0 Å². The van der Waals surface area contributed by atoms with Crippen LogP contribution in [0.1, 0.15) is 38.3 Å². The highest BCUT2D eigenvalue weighted by atomic mass is 15.4. The van der Waals surface area contributed by atoms with E-state index < -0.39 is 0 Å². The summed E-state index contributed by atoms with van der Waals surface area (Å²) in [4.78, 5) is 0. The van der Waals surface area contributed by atoms with Gasteiger partial charge in [-0.2, -0.15) is 0 Å². The summed E-state index contributed by atoms with van der Waals surface area (Å²) in [5.74, 6) is 0. The van der Waals surface area contributed by atoms with Crippen molar-refractivity contribution in [1.29, 1.82) is 0 Å². The van der Waals surface area contributed by atoms with E-state index in [4.69, 9.17) is 0 Å². The van der Waals surface area contributed by atoms with E-state index in [0.717, 1.165) is 38.0 Å². The highest BCUT2D eigenvalue weighted by Crippen LogP contribution is 2.07. The summed E-state index contributed by atoms with van der Waals surface area (Å²) in [5, 5.41) is 11.9. The summed E-state index contributed by atoms with van der Waals surface area (Å²) in [6.07, 6.45) is 12.2. The fourth-order valence-electron chi connectivity index (χ4n) is 2.20. The van der Waals surface area contributed by atoms with Crippen LogP contribution in [0.15, 0.2) is 18.3 Å². The van der Waals surface area contributed by atoms with E-state index >= 15 is 0 Å². The zero-order chi connectivity index (χ0) is 11.9. The van der Waals surface area contributed by atoms with Gasteiger partial charge in [0.15, 0.2) is 0 Å². The van der Waals surface area contributed by atoms with Crippen molar-refractivity contribution in [2.75, 3.05) is 6.54 Å². The molecular formula is C13H22N4. The molecule has 0 saturated carbocycles. The second-order valence-corrected chi connectivity index (χ2v) is 4.64. The zero-order valence-electron chi connectivity index (χ0n) is 10.6. The fraction of sp³-hybridized carbons (Fsp3) is 0.692. The second-order valence-electron chi connectivity index (χ2n) is 4.64. The number of nitrogens with one attached hydrogen (secondary N) is 1. The number of nitrogens with zero attached hydrogens (tertiary/aromatic N) is 3. The first-order valence-corrected chi connectivity index (χ1v) is 6.66. The topological polar surface area (TPSA) is 42.7 Å². The van der Waals surface area contributed by atoms with Crippen molar-refractivity contribution in [3.63, 3.8) is 0 Å². The van der Waals surface area contributed by atoms with E-state index in [1.165, 1.54) is 12.8 Å². The lowest BCUT2D eigenvalue weighted by Gasteiger charge is -2.08. The Kier molecular flexibility index (Phi) is 4.74. The smallest absolute Gasteiger partial charge is 0.0830 e. The number of hydrogen-bond acceptors (Lipinski definition) is 3. The summed E-state index contributed by atoms with van der Waals surface area (Å²) in [6, 6.07) is 0.588. The van der Waals surface area contributed by atoms with E-state index in [2.05, 4.69) is 40.9 Å². The van der Waals surface area contributed by atoms with Gasteiger partial charge in [0.2, 0.25) is 0 Å². The molecule has 17 heavy (non-hydrogen) atoms. The highest BCUT2D eigenvalue weighted by Gasteiger charge is 2.14. The van der Waals surface area contributed by atoms with Crippen LogP contribution in [0.5, 0.6) is 0 Å². The molecule has 0 radical (unpaired) electrons. The lowest BCUT2D eigenvalue weighted by molar-refractivity contribution is 0.466. The Bertz CT molecular complexity index is 350. The van der Waals surface area contributed by atoms with Crippen LogP contribution in [0.3, 0.4) is 0 Å². The quantitative estimate of drug-likeness (QED) is 0.765.